The molecule has 0 spiro atoms. The number of nitrogens with one attached hydrogen (secondary N) is 2. The van der Waals surface area contributed by atoms with Crippen LogP contribution in [-0.4, -0.2) is 16.5 Å². The number of aromatic nitrogens is 2. The van der Waals surface area contributed by atoms with E-state index in [0.29, 0.717) is 6.04 Å². The van der Waals surface area contributed by atoms with Gasteiger partial charge in [0.15, 0.2) is 0 Å². The Morgan fingerprint density at radius 1 is 1.21 bits per heavy atom. The van der Waals surface area contributed by atoms with E-state index >= 15 is 0 Å². The standard InChI is InChI=1S/C16H23N3/c1-10-8-12-13(9-11(10)2)19-15(18-12)14-16(3,4)6-5-7-17-14/h8-9,14,17H,5-7H2,1-4H3,(H,18,19). The van der Waals surface area contributed by atoms with Crippen LogP contribution in [-0.2, 0) is 0 Å². The summed E-state index contributed by atoms with van der Waals surface area (Å²) < 4.78 is 0. The van der Waals surface area contributed by atoms with Gasteiger partial charge in [0.1, 0.15) is 5.82 Å². The summed E-state index contributed by atoms with van der Waals surface area (Å²) in [6.07, 6.45) is 2.50. The molecule has 0 aliphatic carbocycles. The second-order valence-electron chi connectivity index (χ2n) is 6.55. The predicted octanol–water partition coefficient (Wildman–Crippen LogP) is 3.63. The fourth-order valence-electron chi connectivity index (χ4n) is 3.10. The molecule has 3 heteroatoms. The van der Waals surface area contributed by atoms with Gasteiger partial charge in [-0.05, 0) is 61.9 Å². The fraction of sp³-hybridized carbons (Fsp3) is 0.562. The van der Waals surface area contributed by atoms with Gasteiger partial charge in [0, 0.05) is 0 Å². The summed E-state index contributed by atoms with van der Waals surface area (Å²) in [6, 6.07) is 4.71. The molecule has 1 saturated heterocycles. The normalized spacial score (nSPS) is 22.8. The highest BCUT2D eigenvalue weighted by Crippen LogP contribution is 2.39. The zero-order chi connectivity index (χ0) is 13.6. The molecule has 102 valence electrons. The zero-order valence-electron chi connectivity index (χ0n) is 12.3. The van der Waals surface area contributed by atoms with Gasteiger partial charge in [0.2, 0.25) is 0 Å². The summed E-state index contributed by atoms with van der Waals surface area (Å²) in [4.78, 5) is 8.33. The molecule has 3 nitrogen and oxygen atoms in total. The van der Waals surface area contributed by atoms with E-state index in [0.717, 1.165) is 23.4 Å². The molecule has 1 unspecified atom stereocenters. The maximum atomic E-state index is 4.82. The van der Waals surface area contributed by atoms with Crippen molar-refractivity contribution >= 4 is 11.0 Å². The number of aryl methyl sites for hydroxylation is 2. The highest BCUT2D eigenvalue weighted by atomic mass is 15.0. The van der Waals surface area contributed by atoms with Crippen molar-refractivity contribution in [2.45, 2.75) is 46.6 Å². The lowest BCUT2D eigenvalue weighted by atomic mass is 9.77. The molecule has 0 radical (unpaired) electrons. The average molecular weight is 257 g/mol. The smallest absolute Gasteiger partial charge is 0.125 e. The quantitative estimate of drug-likeness (QED) is 0.819. The molecule has 1 fully saturated rings. The Balaban J connectivity index is 2.05. The van der Waals surface area contributed by atoms with E-state index in [2.05, 4.69) is 50.1 Å². The minimum Gasteiger partial charge on any atom is -0.341 e. The van der Waals surface area contributed by atoms with Crippen molar-refractivity contribution in [3.63, 3.8) is 0 Å². The Kier molecular flexibility index (Phi) is 2.90. The van der Waals surface area contributed by atoms with Crippen molar-refractivity contribution in [3.8, 4) is 0 Å². The summed E-state index contributed by atoms with van der Waals surface area (Å²) >= 11 is 0. The van der Waals surface area contributed by atoms with E-state index in [9.17, 15) is 0 Å². The van der Waals surface area contributed by atoms with E-state index in [1.165, 1.54) is 24.0 Å². The van der Waals surface area contributed by atoms with E-state index in [-0.39, 0.29) is 5.41 Å². The van der Waals surface area contributed by atoms with Gasteiger partial charge in [-0.25, -0.2) is 4.98 Å². The van der Waals surface area contributed by atoms with Crippen LogP contribution in [0.4, 0.5) is 0 Å². The molecule has 0 bridgehead atoms. The molecule has 0 saturated carbocycles. The summed E-state index contributed by atoms with van der Waals surface area (Å²) in [5, 5.41) is 3.62. The lowest BCUT2D eigenvalue weighted by molar-refractivity contribution is 0.175. The van der Waals surface area contributed by atoms with Gasteiger partial charge in [-0.1, -0.05) is 13.8 Å². The molecular formula is C16H23N3. The molecular weight excluding hydrogens is 234 g/mol. The topological polar surface area (TPSA) is 40.7 Å². The molecule has 1 aromatic heterocycles. The van der Waals surface area contributed by atoms with Crippen molar-refractivity contribution in [3.05, 3.63) is 29.1 Å². The van der Waals surface area contributed by atoms with Crippen LogP contribution in [0.5, 0.6) is 0 Å². The third-order valence-corrected chi connectivity index (χ3v) is 4.52. The molecule has 2 N–H and O–H groups in total. The average Bonchev–Trinajstić information content (AvgIpc) is 2.71. The summed E-state index contributed by atoms with van der Waals surface area (Å²) in [7, 11) is 0. The lowest BCUT2D eigenvalue weighted by Crippen LogP contribution is -2.40. The van der Waals surface area contributed by atoms with Crippen LogP contribution in [0.1, 0.15) is 49.7 Å². The van der Waals surface area contributed by atoms with Gasteiger partial charge < -0.3 is 10.3 Å². The van der Waals surface area contributed by atoms with Crippen molar-refractivity contribution in [2.24, 2.45) is 5.41 Å². The third-order valence-electron chi connectivity index (χ3n) is 4.52. The molecule has 2 aromatic rings. The SMILES string of the molecule is Cc1cc2nc(C3NCCCC3(C)C)[nH]c2cc1C. The Morgan fingerprint density at radius 2 is 1.95 bits per heavy atom. The van der Waals surface area contributed by atoms with Gasteiger partial charge in [0.05, 0.1) is 17.1 Å². The second-order valence-corrected chi connectivity index (χ2v) is 6.55. The molecule has 1 aliphatic heterocycles. The first kappa shape index (κ1) is 12.7. The minimum absolute atomic E-state index is 0.260. The van der Waals surface area contributed by atoms with Gasteiger partial charge in [-0.3, -0.25) is 0 Å². The first-order chi connectivity index (χ1) is 8.97. The second kappa shape index (κ2) is 4.34. The summed E-state index contributed by atoms with van der Waals surface area (Å²) in [6.45, 7) is 10.0. The van der Waals surface area contributed by atoms with Gasteiger partial charge in [-0.2, -0.15) is 0 Å². The van der Waals surface area contributed by atoms with E-state index < -0.39 is 0 Å². The van der Waals surface area contributed by atoms with Gasteiger partial charge in [0.25, 0.3) is 0 Å². The van der Waals surface area contributed by atoms with Crippen molar-refractivity contribution < 1.29 is 0 Å². The lowest BCUT2D eigenvalue weighted by Gasteiger charge is -2.38. The van der Waals surface area contributed by atoms with Gasteiger partial charge in [-0.15, -0.1) is 0 Å². The predicted molar refractivity (Wildman–Crippen MR) is 79.3 cm³/mol. The number of imidazole rings is 1. The monoisotopic (exact) mass is 257 g/mol. The van der Waals surface area contributed by atoms with Crippen LogP contribution in [0.2, 0.25) is 0 Å². The molecule has 2 heterocycles. The number of hydrogen-bond donors (Lipinski definition) is 2. The van der Waals surface area contributed by atoms with Crippen LogP contribution < -0.4 is 5.32 Å². The maximum absolute atomic E-state index is 4.82. The Labute approximate surface area is 114 Å². The van der Waals surface area contributed by atoms with E-state index in [1.54, 1.807) is 0 Å². The van der Waals surface area contributed by atoms with Crippen LogP contribution in [0, 0.1) is 19.3 Å². The highest BCUT2D eigenvalue weighted by Gasteiger charge is 2.35. The first-order valence-corrected chi connectivity index (χ1v) is 7.18. The van der Waals surface area contributed by atoms with Crippen LogP contribution in [0.25, 0.3) is 11.0 Å². The molecule has 19 heavy (non-hydrogen) atoms. The largest absolute Gasteiger partial charge is 0.341 e. The Bertz CT molecular complexity index is 571. The van der Waals surface area contributed by atoms with Crippen molar-refractivity contribution in [1.29, 1.82) is 0 Å². The van der Waals surface area contributed by atoms with Crippen molar-refractivity contribution in [2.75, 3.05) is 6.54 Å². The number of H-pyrrole nitrogens is 1. The molecule has 1 aliphatic rings. The highest BCUT2D eigenvalue weighted by molar-refractivity contribution is 5.77. The van der Waals surface area contributed by atoms with Gasteiger partial charge >= 0.3 is 0 Å². The van der Waals surface area contributed by atoms with Crippen LogP contribution >= 0.6 is 0 Å². The number of hydrogen-bond acceptors (Lipinski definition) is 2. The molecule has 0 amide bonds. The Morgan fingerprint density at radius 3 is 2.68 bits per heavy atom. The number of nitrogens with zero attached hydrogens (tertiary/aromatic N) is 1. The number of piperidine rings is 1. The number of rotatable bonds is 1. The van der Waals surface area contributed by atoms with E-state index in [4.69, 9.17) is 4.98 Å². The zero-order valence-corrected chi connectivity index (χ0v) is 12.3. The molecule has 1 atom stereocenters. The third kappa shape index (κ3) is 2.16. The minimum atomic E-state index is 0.260. The van der Waals surface area contributed by atoms with Crippen LogP contribution in [0.3, 0.4) is 0 Å². The van der Waals surface area contributed by atoms with E-state index in [1.807, 2.05) is 0 Å². The first-order valence-electron chi connectivity index (χ1n) is 7.18. The molecule has 3 rings (SSSR count). The maximum Gasteiger partial charge on any atom is 0.125 e. The summed E-state index contributed by atoms with van der Waals surface area (Å²) in [5.41, 5.74) is 5.12. The number of fused-ring (bicyclic) bond motifs is 1. The fourth-order valence-corrected chi connectivity index (χ4v) is 3.10. The number of aromatic amines is 1. The van der Waals surface area contributed by atoms with Crippen molar-refractivity contribution in [1.82, 2.24) is 15.3 Å². The molecule has 1 aromatic carbocycles. The number of benzene rings is 1. The summed E-state index contributed by atoms with van der Waals surface area (Å²) in [5.74, 6) is 1.09. The van der Waals surface area contributed by atoms with Crippen LogP contribution in [0.15, 0.2) is 12.1 Å². The Hall–Kier alpha value is -1.35.